The number of ether oxygens (including phenoxy) is 1. The summed E-state index contributed by atoms with van der Waals surface area (Å²) in [6.07, 6.45) is 0. The van der Waals surface area contributed by atoms with Gasteiger partial charge in [-0.2, -0.15) is 0 Å². The number of aromatic nitrogens is 2. The van der Waals surface area contributed by atoms with Gasteiger partial charge in [0.2, 0.25) is 5.95 Å². The van der Waals surface area contributed by atoms with Gasteiger partial charge in [0.1, 0.15) is 5.75 Å². The molecule has 2 aromatic carbocycles. The Bertz CT molecular complexity index is 795. The first kappa shape index (κ1) is 12.8. The molecule has 3 rings (SSSR count). The maximum Gasteiger partial charge on any atom is 0.205 e. The average Bonchev–Trinajstić information content (AvgIpc) is 2.75. The van der Waals surface area contributed by atoms with Gasteiger partial charge in [0.15, 0.2) is 0 Å². The minimum absolute atomic E-state index is 0.403. The van der Waals surface area contributed by atoms with Crippen molar-refractivity contribution < 1.29 is 4.74 Å². The lowest BCUT2D eigenvalue weighted by Crippen LogP contribution is -2.01. The fourth-order valence-corrected chi connectivity index (χ4v) is 2.45. The number of anilines is 1. The lowest BCUT2D eigenvalue weighted by Gasteiger charge is -2.10. The quantitative estimate of drug-likeness (QED) is 0.784. The summed E-state index contributed by atoms with van der Waals surface area (Å²) in [5.74, 6) is 1.12. The Kier molecular flexibility index (Phi) is 3.03. The zero-order valence-electron chi connectivity index (χ0n) is 11.2. The SMILES string of the molecule is COc1ccc(Cl)c(-n2c(N)nc3ccc(C)cc32)c1. The van der Waals surface area contributed by atoms with E-state index >= 15 is 0 Å². The number of imidazole rings is 1. The van der Waals surface area contributed by atoms with Crippen LogP contribution in [0.2, 0.25) is 5.02 Å². The van der Waals surface area contributed by atoms with E-state index in [9.17, 15) is 0 Å². The fourth-order valence-electron chi connectivity index (χ4n) is 2.25. The summed E-state index contributed by atoms with van der Waals surface area (Å²) in [6, 6.07) is 11.4. The second-order valence-electron chi connectivity index (χ2n) is 4.61. The molecule has 4 nitrogen and oxygen atoms in total. The number of benzene rings is 2. The Morgan fingerprint density at radius 1 is 1.20 bits per heavy atom. The normalized spacial score (nSPS) is 10.9. The summed E-state index contributed by atoms with van der Waals surface area (Å²) >= 11 is 6.30. The van der Waals surface area contributed by atoms with Crippen LogP contribution in [0.4, 0.5) is 5.95 Å². The third kappa shape index (κ3) is 1.98. The molecule has 0 radical (unpaired) electrons. The summed E-state index contributed by atoms with van der Waals surface area (Å²) in [5.41, 5.74) is 9.71. The molecule has 5 heteroatoms. The molecule has 20 heavy (non-hydrogen) atoms. The van der Waals surface area contributed by atoms with E-state index in [2.05, 4.69) is 4.98 Å². The molecule has 1 aromatic heterocycles. The molecule has 2 N–H and O–H groups in total. The van der Waals surface area contributed by atoms with Crippen molar-refractivity contribution in [3.05, 3.63) is 47.0 Å². The van der Waals surface area contributed by atoms with Crippen molar-refractivity contribution in [1.29, 1.82) is 0 Å². The van der Waals surface area contributed by atoms with Gasteiger partial charge in [-0.1, -0.05) is 17.7 Å². The Morgan fingerprint density at radius 2 is 2.00 bits per heavy atom. The number of hydrogen-bond donors (Lipinski definition) is 1. The predicted molar refractivity (Wildman–Crippen MR) is 81.8 cm³/mol. The Balaban J connectivity index is 2.34. The second kappa shape index (κ2) is 4.72. The molecular formula is C15H14ClN3O. The highest BCUT2D eigenvalue weighted by molar-refractivity contribution is 6.32. The molecule has 0 fully saturated rings. The molecule has 0 atom stereocenters. The highest BCUT2D eigenvalue weighted by atomic mass is 35.5. The van der Waals surface area contributed by atoms with Gasteiger partial charge < -0.3 is 10.5 Å². The van der Waals surface area contributed by atoms with E-state index in [0.29, 0.717) is 11.0 Å². The summed E-state index contributed by atoms with van der Waals surface area (Å²) in [6.45, 7) is 2.03. The van der Waals surface area contributed by atoms with Crippen LogP contribution in [-0.2, 0) is 0 Å². The van der Waals surface area contributed by atoms with Crippen LogP contribution in [0.25, 0.3) is 16.7 Å². The van der Waals surface area contributed by atoms with E-state index in [4.69, 9.17) is 22.1 Å². The van der Waals surface area contributed by atoms with Crippen LogP contribution >= 0.6 is 11.6 Å². The Labute approximate surface area is 121 Å². The van der Waals surface area contributed by atoms with Crippen LogP contribution < -0.4 is 10.5 Å². The van der Waals surface area contributed by atoms with Gasteiger partial charge in [-0.25, -0.2) is 4.98 Å². The number of halogens is 1. The van der Waals surface area contributed by atoms with Crippen molar-refractivity contribution in [2.24, 2.45) is 0 Å². The molecule has 0 aliphatic rings. The molecule has 0 unspecified atom stereocenters. The minimum Gasteiger partial charge on any atom is -0.497 e. The van der Waals surface area contributed by atoms with Gasteiger partial charge in [0, 0.05) is 6.07 Å². The number of methoxy groups -OCH3 is 1. The van der Waals surface area contributed by atoms with Crippen molar-refractivity contribution in [2.75, 3.05) is 12.8 Å². The van der Waals surface area contributed by atoms with Gasteiger partial charge in [-0.3, -0.25) is 4.57 Å². The molecule has 102 valence electrons. The Hall–Kier alpha value is -2.20. The summed E-state index contributed by atoms with van der Waals surface area (Å²) < 4.78 is 7.09. The van der Waals surface area contributed by atoms with Crippen LogP contribution in [-0.4, -0.2) is 16.7 Å². The molecule has 0 saturated heterocycles. The Morgan fingerprint density at radius 3 is 2.75 bits per heavy atom. The van der Waals surface area contributed by atoms with E-state index in [1.165, 1.54) is 0 Å². The first-order chi connectivity index (χ1) is 9.60. The zero-order valence-corrected chi connectivity index (χ0v) is 12.0. The number of aryl methyl sites for hydroxylation is 1. The summed E-state index contributed by atoms with van der Waals surface area (Å²) in [4.78, 5) is 4.37. The maximum atomic E-state index is 6.30. The van der Waals surface area contributed by atoms with Gasteiger partial charge in [-0.15, -0.1) is 0 Å². The van der Waals surface area contributed by atoms with Gasteiger partial charge in [0.05, 0.1) is 28.9 Å². The summed E-state index contributed by atoms with van der Waals surface area (Å²) in [7, 11) is 1.62. The topological polar surface area (TPSA) is 53.1 Å². The van der Waals surface area contributed by atoms with Crippen molar-refractivity contribution in [1.82, 2.24) is 9.55 Å². The minimum atomic E-state index is 0.403. The van der Waals surface area contributed by atoms with Crippen LogP contribution in [0.1, 0.15) is 5.56 Å². The number of rotatable bonds is 2. The highest BCUT2D eigenvalue weighted by Gasteiger charge is 2.13. The van der Waals surface area contributed by atoms with Gasteiger partial charge in [-0.05, 0) is 36.8 Å². The molecule has 0 bridgehead atoms. The lowest BCUT2D eigenvalue weighted by molar-refractivity contribution is 0.414. The smallest absolute Gasteiger partial charge is 0.205 e. The number of hydrogen-bond acceptors (Lipinski definition) is 3. The van der Waals surface area contributed by atoms with Crippen molar-refractivity contribution in [2.45, 2.75) is 6.92 Å². The van der Waals surface area contributed by atoms with Crippen molar-refractivity contribution >= 4 is 28.6 Å². The highest BCUT2D eigenvalue weighted by Crippen LogP contribution is 2.31. The van der Waals surface area contributed by atoms with E-state index in [0.717, 1.165) is 28.0 Å². The third-order valence-electron chi connectivity index (χ3n) is 3.23. The summed E-state index contributed by atoms with van der Waals surface area (Å²) in [5, 5.41) is 0.596. The average molecular weight is 288 g/mol. The largest absolute Gasteiger partial charge is 0.497 e. The van der Waals surface area contributed by atoms with E-state index < -0.39 is 0 Å². The van der Waals surface area contributed by atoms with Gasteiger partial charge in [0.25, 0.3) is 0 Å². The maximum absolute atomic E-state index is 6.30. The van der Waals surface area contributed by atoms with Crippen LogP contribution in [0, 0.1) is 6.92 Å². The number of nitrogens with zero attached hydrogens (tertiary/aromatic N) is 2. The van der Waals surface area contributed by atoms with Crippen LogP contribution in [0.15, 0.2) is 36.4 Å². The monoisotopic (exact) mass is 287 g/mol. The molecule has 0 aliphatic carbocycles. The zero-order chi connectivity index (χ0) is 14.3. The standard InChI is InChI=1S/C15H14ClN3O/c1-9-3-6-12-14(7-9)19(15(17)18-12)13-8-10(20-2)4-5-11(13)16/h3-8H,1-2H3,(H2,17,18). The van der Waals surface area contributed by atoms with Crippen LogP contribution in [0.5, 0.6) is 5.75 Å². The van der Waals surface area contributed by atoms with Crippen LogP contribution in [0.3, 0.4) is 0 Å². The van der Waals surface area contributed by atoms with Crippen molar-refractivity contribution in [3.63, 3.8) is 0 Å². The number of nitrogens with two attached hydrogens (primary N) is 1. The molecular weight excluding hydrogens is 274 g/mol. The third-order valence-corrected chi connectivity index (χ3v) is 3.55. The molecule has 0 aliphatic heterocycles. The lowest BCUT2D eigenvalue weighted by atomic mass is 10.2. The molecule has 3 aromatic rings. The second-order valence-corrected chi connectivity index (χ2v) is 5.02. The predicted octanol–water partition coefficient (Wildman–Crippen LogP) is 3.58. The van der Waals surface area contributed by atoms with E-state index in [-0.39, 0.29) is 0 Å². The molecule has 0 amide bonds. The van der Waals surface area contributed by atoms with E-state index in [1.54, 1.807) is 13.2 Å². The van der Waals surface area contributed by atoms with Gasteiger partial charge >= 0.3 is 0 Å². The number of fused-ring (bicyclic) bond motifs is 1. The molecule has 1 heterocycles. The van der Waals surface area contributed by atoms with E-state index in [1.807, 2.05) is 41.8 Å². The molecule has 0 spiro atoms. The first-order valence-corrected chi connectivity index (χ1v) is 6.56. The number of nitrogen functional groups attached to an aromatic ring is 1. The fraction of sp³-hybridized carbons (Fsp3) is 0.133. The molecule has 0 saturated carbocycles. The van der Waals surface area contributed by atoms with Crippen molar-refractivity contribution in [3.8, 4) is 11.4 Å². The first-order valence-electron chi connectivity index (χ1n) is 6.18.